The van der Waals surface area contributed by atoms with Crippen LogP contribution in [-0.2, 0) is 0 Å². The molecule has 0 aliphatic carbocycles. The van der Waals surface area contributed by atoms with Crippen molar-refractivity contribution in [2.75, 3.05) is 41.4 Å². The Balaban J connectivity index is 1.94. The van der Waals surface area contributed by atoms with Gasteiger partial charge in [0.15, 0.2) is 0 Å². The largest absolute Gasteiger partial charge is 0.397 e. The summed E-state index contributed by atoms with van der Waals surface area (Å²) < 4.78 is 13.7. The average Bonchev–Trinajstić information content (AvgIpc) is 3.03. The summed E-state index contributed by atoms with van der Waals surface area (Å²) >= 11 is 0. The molecule has 1 heterocycles. The van der Waals surface area contributed by atoms with E-state index < -0.39 is 6.17 Å². The first-order chi connectivity index (χ1) is 12.0. The van der Waals surface area contributed by atoms with E-state index >= 15 is 0 Å². The van der Waals surface area contributed by atoms with E-state index in [0.717, 1.165) is 11.3 Å². The van der Waals surface area contributed by atoms with Crippen LogP contribution >= 0.6 is 0 Å². The highest BCUT2D eigenvalue weighted by molar-refractivity contribution is 6.09. The Kier molecular flexibility index (Phi) is 4.79. The number of benzene rings is 2. The van der Waals surface area contributed by atoms with Gasteiger partial charge in [-0.05, 0) is 37.6 Å². The lowest BCUT2D eigenvalue weighted by Crippen LogP contribution is -2.24. The van der Waals surface area contributed by atoms with Crippen LogP contribution in [0.15, 0.2) is 36.4 Å². The summed E-state index contributed by atoms with van der Waals surface area (Å²) in [5.41, 5.74) is 10.2. The predicted octanol–water partition coefficient (Wildman–Crippen LogP) is 3.42. The van der Waals surface area contributed by atoms with Crippen LogP contribution in [0.3, 0.4) is 0 Å². The molecule has 0 aromatic heterocycles. The molecule has 1 aliphatic heterocycles. The maximum atomic E-state index is 13.7. The van der Waals surface area contributed by atoms with Crippen LogP contribution in [0.25, 0.3) is 0 Å². The number of nitrogens with two attached hydrogens (primary N) is 1. The molecular formula is C19H23FN4O. The highest BCUT2D eigenvalue weighted by Gasteiger charge is 2.26. The van der Waals surface area contributed by atoms with Crippen LogP contribution in [0, 0.1) is 6.92 Å². The van der Waals surface area contributed by atoms with Gasteiger partial charge >= 0.3 is 0 Å². The topological polar surface area (TPSA) is 70.4 Å². The molecule has 4 N–H and O–H groups in total. The van der Waals surface area contributed by atoms with Crippen molar-refractivity contribution in [2.45, 2.75) is 19.5 Å². The zero-order chi connectivity index (χ0) is 18.0. The molecule has 0 unspecified atom stereocenters. The number of alkyl halides is 1. The Morgan fingerprint density at radius 1 is 1.28 bits per heavy atom. The molecule has 0 spiro atoms. The van der Waals surface area contributed by atoms with E-state index in [4.69, 9.17) is 5.73 Å². The summed E-state index contributed by atoms with van der Waals surface area (Å²) in [7, 11) is 1.77. The Morgan fingerprint density at radius 2 is 2.00 bits per heavy atom. The number of carbonyl (C=O) groups excluding carboxylic acids is 1. The van der Waals surface area contributed by atoms with Crippen molar-refractivity contribution >= 4 is 28.7 Å². The predicted molar refractivity (Wildman–Crippen MR) is 101 cm³/mol. The monoisotopic (exact) mass is 342 g/mol. The zero-order valence-electron chi connectivity index (χ0n) is 14.5. The number of anilines is 4. The number of amides is 1. The Hall–Kier alpha value is -2.76. The summed E-state index contributed by atoms with van der Waals surface area (Å²) in [6.07, 6.45) is -0.401. The molecule has 1 aliphatic rings. The van der Waals surface area contributed by atoms with Gasteiger partial charge in [-0.1, -0.05) is 17.7 Å². The number of nitrogens with one attached hydrogen (secondary N) is 2. The maximum Gasteiger partial charge on any atom is 0.257 e. The minimum absolute atomic E-state index is 0.254. The molecule has 6 heteroatoms. The fourth-order valence-corrected chi connectivity index (χ4v) is 3.04. The van der Waals surface area contributed by atoms with Gasteiger partial charge < -0.3 is 21.3 Å². The summed E-state index contributed by atoms with van der Waals surface area (Å²) in [6, 6.07) is 11.0. The average molecular weight is 342 g/mol. The molecular weight excluding hydrogens is 319 g/mol. The van der Waals surface area contributed by atoms with Gasteiger partial charge in [-0.25, -0.2) is 4.39 Å². The minimum atomic E-state index is -0.872. The Labute approximate surface area is 147 Å². The highest BCUT2D eigenvalue weighted by atomic mass is 19.1. The number of nitrogens with zero attached hydrogens (tertiary/aromatic N) is 1. The van der Waals surface area contributed by atoms with E-state index in [0.29, 0.717) is 35.6 Å². The number of rotatable bonds is 4. The molecule has 5 nitrogen and oxygen atoms in total. The standard InChI is InChI=1S/C19H23FN4O/c1-12-3-5-14(6-4-12)23-19(25)15-9-16(21)17(22-2)10-18(15)24-8-7-13(20)11-24/h3-6,9-10,13,22H,7-8,11,21H2,1-2H3,(H,23,25)/t13-/m0/s1. The molecule has 1 saturated heterocycles. The van der Waals surface area contributed by atoms with Crippen molar-refractivity contribution in [1.29, 1.82) is 0 Å². The van der Waals surface area contributed by atoms with Gasteiger partial charge in [0.25, 0.3) is 5.91 Å². The smallest absolute Gasteiger partial charge is 0.257 e. The molecule has 25 heavy (non-hydrogen) atoms. The molecule has 1 fully saturated rings. The third kappa shape index (κ3) is 3.68. The molecule has 0 saturated carbocycles. The second kappa shape index (κ2) is 7.01. The van der Waals surface area contributed by atoms with Crippen LogP contribution in [0.2, 0.25) is 0 Å². The third-order valence-corrected chi connectivity index (χ3v) is 4.46. The van der Waals surface area contributed by atoms with E-state index in [1.54, 1.807) is 13.1 Å². The van der Waals surface area contributed by atoms with E-state index in [1.165, 1.54) is 0 Å². The van der Waals surface area contributed by atoms with Crippen molar-refractivity contribution in [3.63, 3.8) is 0 Å². The van der Waals surface area contributed by atoms with E-state index in [9.17, 15) is 9.18 Å². The minimum Gasteiger partial charge on any atom is -0.397 e. The molecule has 2 aromatic carbocycles. The van der Waals surface area contributed by atoms with Gasteiger partial charge in [0.1, 0.15) is 6.17 Å². The van der Waals surface area contributed by atoms with Crippen LogP contribution < -0.4 is 21.3 Å². The fraction of sp³-hybridized carbons (Fsp3) is 0.316. The summed E-state index contributed by atoms with van der Waals surface area (Å²) in [4.78, 5) is 14.7. The van der Waals surface area contributed by atoms with Gasteiger partial charge in [0.05, 0.1) is 22.6 Å². The summed E-state index contributed by atoms with van der Waals surface area (Å²) in [6.45, 7) is 2.86. The van der Waals surface area contributed by atoms with E-state index in [1.807, 2.05) is 42.2 Å². The van der Waals surface area contributed by atoms with Crippen molar-refractivity contribution in [1.82, 2.24) is 0 Å². The molecule has 132 valence electrons. The summed E-state index contributed by atoms with van der Waals surface area (Å²) in [5.74, 6) is -0.254. The summed E-state index contributed by atoms with van der Waals surface area (Å²) in [5, 5.41) is 5.91. The number of aryl methyl sites for hydroxylation is 1. The first-order valence-electron chi connectivity index (χ1n) is 8.36. The molecule has 0 radical (unpaired) electrons. The van der Waals surface area contributed by atoms with Crippen molar-refractivity contribution in [3.8, 4) is 0 Å². The Morgan fingerprint density at radius 3 is 2.60 bits per heavy atom. The highest BCUT2D eigenvalue weighted by Crippen LogP contribution is 2.33. The molecule has 0 bridgehead atoms. The van der Waals surface area contributed by atoms with Crippen molar-refractivity contribution in [2.24, 2.45) is 0 Å². The van der Waals surface area contributed by atoms with Crippen LogP contribution in [0.1, 0.15) is 22.3 Å². The third-order valence-electron chi connectivity index (χ3n) is 4.46. The number of nitrogen functional groups attached to an aromatic ring is 1. The van der Waals surface area contributed by atoms with Crippen molar-refractivity contribution in [3.05, 3.63) is 47.5 Å². The van der Waals surface area contributed by atoms with Crippen LogP contribution in [-0.4, -0.2) is 32.2 Å². The normalized spacial score (nSPS) is 16.8. The number of carbonyl (C=O) groups is 1. The lowest BCUT2D eigenvalue weighted by molar-refractivity contribution is 0.102. The first kappa shape index (κ1) is 17.1. The van der Waals surface area contributed by atoms with Gasteiger partial charge in [0.2, 0.25) is 0 Å². The Bertz CT molecular complexity index is 776. The van der Waals surface area contributed by atoms with E-state index in [2.05, 4.69) is 10.6 Å². The second-order valence-electron chi connectivity index (χ2n) is 6.36. The molecule has 1 atom stereocenters. The molecule has 1 amide bonds. The number of halogens is 1. The number of hydrogen-bond donors (Lipinski definition) is 3. The fourth-order valence-electron chi connectivity index (χ4n) is 3.04. The van der Waals surface area contributed by atoms with Crippen molar-refractivity contribution < 1.29 is 9.18 Å². The molecule has 2 aromatic rings. The van der Waals surface area contributed by atoms with E-state index in [-0.39, 0.29) is 12.5 Å². The SMILES string of the molecule is CNc1cc(N2CC[C@H](F)C2)c(C(=O)Nc2ccc(C)cc2)cc1N. The van der Waals surface area contributed by atoms with Crippen LogP contribution in [0.5, 0.6) is 0 Å². The second-order valence-corrected chi connectivity index (χ2v) is 6.36. The van der Waals surface area contributed by atoms with Gasteiger partial charge in [-0.15, -0.1) is 0 Å². The quantitative estimate of drug-likeness (QED) is 0.745. The van der Waals surface area contributed by atoms with Gasteiger partial charge in [0, 0.05) is 25.8 Å². The number of hydrogen-bond acceptors (Lipinski definition) is 4. The van der Waals surface area contributed by atoms with Gasteiger partial charge in [-0.2, -0.15) is 0 Å². The molecule has 3 rings (SSSR count). The first-order valence-corrected chi connectivity index (χ1v) is 8.36. The van der Waals surface area contributed by atoms with Crippen LogP contribution in [0.4, 0.5) is 27.1 Å². The lowest BCUT2D eigenvalue weighted by atomic mass is 10.1. The van der Waals surface area contributed by atoms with Gasteiger partial charge in [-0.3, -0.25) is 4.79 Å². The zero-order valence-corrected chi connectivity index (χ0v) is 14.5. The maximum absolute atomic E-state index is 13.7. The lowest BCUT2D eigenvalue weighted by Gasteiger charge is -2.23.